The number of rotatable bonds is 5. The highest BCUT2D eigenvalue weighted by Gasteiger charge is 2.15. The lowest BCUT2D eigenvalue weighted by atomic mass is 10.1. The maximum absolute atomic E-state index is 12.1. The molecule has 0 radical (unpaired) electrons. The van der Waals surface area contributed by atoms with E-state index in [4.69, 9.17) is 16.0 Å². The number of anilines is 1. The summed E-state index contributed by atoms with van der Waals surface area (Å²) in [5.74, 6) is 1.10. The molecule has 1 N–H and O–H groups in total. The summed E-state index contributed by atoms with van der Waals surface area (Å²) in [5, 5.41) is 2.82. The van der Waals surface area contributed by atoms with Gasteiger partial charge in [0.05, 0.1) is 5.69 Å². The molecule has 0 bridgehead atoms. The molecule has 0 spiro atoms. The van der Waals surface area contributed by atoms with Crippen LogP contribution in [0.1, 0.15) is 34.1 Å². The molecule has 1 aromatic carbocycles. The topological polar surface area (TPSA) is 55.1 Å². The smallest absolute Gasteiger partial charge is 0.293 e. The molecule has 1 heterocycles. The fourth-order valence-corrected chi connectivity index (χ4v) is 2.14. The first kappa shape index (κ1) is 14.6. The second kappa shape index (κ2) is 6.57. The van der Waals surface area contributed by atoms with Gasteiger partial charge >= 0.3 is 0 Å². The number of nitrogens with one attached hydrogen (secondary N) is 1. The zero-order valence-corrected chi connectivity index (χ0v) is 12.3. The number of carbonyl (C=O) groups is 1. The standard InChI is InChI=1S/C15H17ClN2O2/c1-10-14(20-11(2)17-10)15(19)18-13-7-3-5-12(9-13)6-4-8-16/h3,5,7,9H,4,6,8H2,1-2H3,(H,18,19). The highest BCUT2D eigenvalue weighted by molar-refractivity contribution is 6.17. The largest absolute Gasteiger partial charge is 0.436 e. The number of alkyl halides is 1. The number of oxazole rings is 1. The number of hydrogen-bond donors (Lipinski definition) is 1. The predicted molar refractivity (Wildman–Crippen MR) is 79.4 cm³/mol. The van der Waals surface area contributed by atoms with Crippen molar-refractivity contribution in [2.24, 2.45) is 0 Å². The SMILES string of the molecule is Cc1nc(C)c(C(=O)Nc2cccc(CCCCl)c2)o1. The molecule has 0 unspecified atom stereocenters. The van der Waals surface area contributed by atoms with Crippen LogP contribution in [0.15, 0.2) is 28.7 Å². The molecular formula is C15H17ClN2O2. The lowest BCUT2D eigenvalue weighted by Gasteiger charge is -2.06. The summed E-state index contributed by atoms with van der Waals surface area (Å²) in [7, 11) is 0. The summed E-state index contributed by atoms with van der Waals surface area (Å²) in [6.07, 6.45) is 1.81. The van der Waals surface area contributed by atoms with Crippen LogP contribution in [-0.4, -0.2) is 16.8 Å². The maximum Gasteiger partial charge on any atom is 0.293 e. The third-order valence-corrected chi connectivity index (χ3v) is 3.16. The molecule has 5 heteroatoms. The summed E-state index contributed by atoms with van der Waals surface area (Å²) < 4.78 is 5.30. The number of amides is 1. The van der Waals surface area contributed by atoms with Gasteiger partial charge in [0, 0.05) is 18.5 Å². The van der Waals surface area contributed by atoms with Crippen molar-refractivity contribution in [3.63, 3.8) is 0 Å². The Morgan fingerprint density at radius 2 is 2.20 bits per heavy atom. The second-order valence-corrected chi connectivity index (χ2v) is 4.97. The Morgan fingerprint density at radius 1 is 1.40 bits per heavy atom. The van der Waals surface area contributed by atoms with E-state index in [0.29, 0.717) is 17.5 Å². The molecule has 0 aliphatic carbocycles. The fraction of sp³-hybridized carbons (Fsp3) is 0.333. The van der Waals surface area contributed by atoms with E-state index in [2.05, 4.69) is 10.3 Å². The molecule has 20 heavy (non-hydrogen) atoms. The quantitative estimate of drug-likeness (QED) is 0.855. The molecule has 2 rings (SSSR count). The van der Waals surface area contributed by atoms with E-state index in [1.165, 1.54) is 0 Å². The molecule has 1 amide bonds. The summed E-state index contributed by atoms with van der Waals surface area (Å²) in [4.78, 5) is 16.2. The summed E-state index contributed by atoms with van der Waals surface area (Å²) >= 11 is 5.69. The molecule has 0 saturated heterocycles. The number of benzene rings is 1. The number of nitrogens with zero attached hydrogens (tertiary/aromatic N) is 1. The van der Waals surface area contributed by atoms with E-state index in [9.17, 15) is 4.79 Å². The first-order valence-corrected chi connectivity index (χ1v) is 7.04. The zero-order valence-electron chi connectivity index (χ0n) is 11.6. The van der Waals surface area contributed by atoms with E-state index in [-0.39, 0.29) is 11.7 Å². The van der Waals surface area contributed by atoms with Crippen molar-refractivity contribution in [2.75, 3.05) is 11.2 Å². The highest BCUT2D eigenvalue weighted by atomic mass is 35.5. The number of aryl methyl sites for hydroxylation is 3. The van der Waals surface area contributed by atoms with Crippen molar-refractivity contribution in [2.45, 2.75) is 26.7 Å². The summed E-state index contributed by atoms with van der Waals surface area (Å²) in [6, 6.07) is 7.73. The van der Waals surface area contributed by atoms with Crippen molar-refractivity contribution in [1.82, 2.24) is 4.98 Å². The Morgan fingerprint density at radius 3 is 2.85 bits per heavy atom. The third-order valence-electron chi connectivity index (χ3n) is 2.89. The molecular weight excluding hydrogens is 276 g/mol. The number of carbonyl (C=O) groups excluding carboxylic acids is 1. The first-order valence-electron chi connectivity index (χ1n) is 6.50. The zero-order chi connectivity index (χ0) is 14.5. The van der Waals surface area contributed by atoms with Crippen LogP contribution in [0.3, 0.4) is 0 Å². The highest BCUT2D eigenvalue weighted by Crippen LogP contribution is 2.16. The van der Waals surface area contributed by atoms with Gasteiger partial charge in [-0.1, -0.05) is 12.1 Å². The van der Waals surface area contributed by atoms with Crippen LogP contribution < -0.4 is 5.32 Å². The molecule has 106 valence electrons. The van der Waals surface area contributed by atoms with Crippen molar-refractivity contribution in [1.29, 1.82) is 0 Å². The van der Waals surface area contributed by atoms with Crippen molar-refractivity contribution in [3.8, 4) is 0 Å². The van der Waals surface area contributed by atoms with Gasteiger partial charge in [-0.3, -0.25) is 4.79 Å². The third kappa shape index (κ3) is 3.61. The Kier molecular flexibility index (Phi) is 4.79. The second-order valence-electron chi connectivity index (χ2n) is 4.59. The predicted octanol–water partition coefficient (Wildman–Crippen LogP) is 3.72. The Hall–Kier alpha value is -1.81. The van der Waals surface area contributed by atoms with Crippen LogP contribution in [0, 0.1) is 13.8 Å². The minimum absolute atomic E-state index is 0.258. The Bertz CT molecular complexity index is 608. The van der Waals surface area contributed by atoms with Crippen LogP contribution in [-0.2, 0) is 6.42 Å². The molecule has 0 aliphatic heterocycles. The average molecular weight is 293 g/mol. The lowest BCUT2D eigenvalue weighted by Crippen LogP contribution is -2.12. The van der Waals surface area contributed by atoms with Gasteiger partial charge < -0.3 is 9.73 Å². The van der Waals surface area contributed by atoms with Gasteiger partial charge in [-0.2, -0.15) is 0 Å². The summed E-state index contributed by atoms with van der Waals surface area (Å²) in [6.45, 7) is 3.47. The normalized spacial score (nSPS) is 10.6. The monoisotopic (exact) mass is 292 g/mol. The van der Waals surface area contributed by atoms with Crippen LogP contribution in [0.5, 0.6) is 0 Å². The molecule has 0 aliphatic rings. The van der Waals surface area contributed by atoms with Gasteiger partial charge in [-0.25, -0.2) is 4.98 Å². The van der Waals surface area contributed by atoms with Crippen LogP contribution in [0.2, 0.25) is 0 Å². The van der Waals surface area contributed by atoms with E-state index in [1.54, 1.807) is 13.8 Å². The number of aromatic nitrogens is 1. The van der Waals surface area contributed by atoms with Gasteiger partial charge in [0.25, 0.3) is 5.91 Å². The van der Waals surface area contributed by atoms with E-state index >= 15 is 0 Å². The van der Waals surface area contributed by atoms with Gasteiger partial charge in [-0.05, 0) is 37.5 Å². The fourth-order valence-electron chi connectivity index (χ4n) is 2.01. The first-order chi connectivity index (χ1) is 9.60. The van der Waals surface area contributed by atoms with Gasteiger partial charge in [0.1, 0.15) is 0 Å². The molecule has 1 aromatic heterocycles. The van der Waals surface area contributed by atoms with Crippen molar-refractivity contribution < 1.29 is 9.21 Å². The Balaban J connectivity index is 2.09. The van der Waals surface area contributed by atoms with E-state index in [1.807, 2.05) is 24.3 Å². The molecule has 4 nitrogen and oxygen atoms in total. The minimum atomic E-state index is -0.280. The Labute approximate surface area is 123 Å². The van der Waals surface area contributed by atoms with Gasteiger partial charge in [-0.15, -0.1) is 11.6 Å². The van der Waals surface area contributed by atoms with Crippen molar-refractivity contribution >= 4 is 23.2 Å². The average Bonchev–Trinajstić information content (AvgIpc) is 2.76. The van der Waals surface area contributed by atoms with Crippen molar-refractivity contribution in [3.05, 3.63) is 47.2 Å². The van der Waals surface area contributed by atoms with Gasteiger partial charge in [0.15, 0.2) is 5.89 Å². The minimum Gasteiger partial charge on any atom is -0.436 e. The molecule has 2 aromatic rings. The number of halogens is 1. The van der Waals surface area contributed by atoms with E-state index in [0.717, 1.165) is 24.1 Å². The van der Waals surface area contributed by atoms with Crippen LogP contribution in [0.4, 0.5) is 5.69 Å². The van der Waals surface area contributed by atoms with Crippen LogP contribution in [0.25, 0.3) is 0 Å². The summed E-state index contributed by atoms with van der Waals surface area (Å²) in [5.41, 5.74) is 2.49. The molecule has 0 fully saturated rings. The maximum atomic E-state index is 12.1. The lowest BCUT2D eigenvalue weighted by molar-refractivity contribution is 0.0994. The van der Waals surface area contributed by atoms with E-state index < -0.39 is 0 Å². The van der Waals surface area contributed by atoms with Crippen LogP contribution >= 0.6 is 11.6 Å². The molecule has 0 saturated carbocycles. The van der Waals surface area contributed by atoms with Gasteiger partial charge in [0.2, 0.25) is 5.76 Å². The number of hydrogen-bond acceptors (Lipinski definition) is 3. The molecule has 0 atom stereocenters.